The van der Waals surface area contributed by atoms with Crippen LogP contribution in [0.5, 0.6) is 5.75 Å². The van der Waals surface area contributed by atoms with Crippen LogP contribution in [0.25, 0.3) is 0 Å². The first-order valence-corrected chi connectivity index (χ1v) is 8.01. The number of nitrogens with zero attached hydrogens (tertiary/aromatic N) is 3. The number of aliphatic hydroxyl groups excluding tert-OH is 1. The van der Waals surface area contributed by atoms with Crippen LogP contribution in [0, 0.1) is 5.92 Å². The molecule has 2 atom stereocenters. The molecular formula is C17H20ClN3O2. The molecule has 1 aromatic carbocycles. The summed E-state index contributed by atoms with van der Waals surface area (Å²) in [6.45, 7) is 2.26. The van der Waals surface area contributed by atoms with E-state index in [9.17, 15) is 5.11 Å². The second-order valence-corrected chi connectivity index (χ2v) is 6.30. The summed E-state index contributed by atoms with van der Waals surface area (Å²) < 4.78 is 5.17. The van der Waals surface area contributed by atoms with Gasteiger partial charge in [-0.1, -0.05) is 17.7 Å². The molecule has 0 bridgehead atoms. The lowest BCUT2D eigenvalue weighted by atomic mass is 10.0. The number of likely N-dealkylation sites (tertiary alicyclic amines) is 1. The van der Waals surface area contributed by atoms with E-state index in [1.54, 1.807) is 25.7 Å². The van der Waals surface area contributed by atoms with Crippen LogP contribution in [0.4, 0.5) is 0 Å². The molecule has 0 aliphatic carbocycles. The summed E-state index contributed by atoms with van der Waals surface area (Å²) in [6.07, 6.45) is 5.51. The Bertz CT molecular complexity index is 654. The van der Waals surface area contributed by atoms with Crippen molar-refractivity contribution >= 4 is 11.6 Å². The Kier molecular flexibility index (Phi) is 5.10. The Balaban J connectivity index is 1.61. The molecule has 5 nitrogen and oxygen atoms in total. The van der Waals surface area contributed by atoms with Crippen molar-refractivity contribution in [1.82, 2.24) is 14.9 Å². The molecule has 1 N–H and O–H groups in total. The van der Waals surface area contributed by atoms with Crippen molar-refractivity contribution in [1.29, 1.82) is 0 Å². The zero-order valence-electron chi connectivity index (χ0n) is 13.0. The lowest BCUT2D eigenvalue weighted by Gasteiger charge is -2.16. The molecule has 23 heavy (non-hydrogen) atoms. The van der Waals surface area contributed by atoms with Gasteiger partial charge in [0.15, 0.2) is 0 Å². The number of β-amino-alcohol motifs (C(OH)–C–C–N with tert-alkyl or cyclic N) is 1. The van der Waals surface area contributed by atoms with Gasteiger partial charge in [-0.15, -0.1) is 0 Å². The van der Waals surface area contributed by atoms with Crippen molar-refractivity contribution in [3.8, 4) is 5.75 Å². The average molecular weight is 334 g/mol. The summed E-state index contributed by atoms with van der Waals surface area (Å²) >= 11 is 6.17. The molecule has 1 aliphatic heterocycles. The smallest absolute Gasteiger partial charge is 0.137 e. The quantitative estimate of drug-likeness (QED) is 0.908. The summed E-state index contributed by atoms with van der Waals surface area (Å²) in [6, 6.07) is 5.80. The number of halogens is 1. The number of hydrogen-bond donors (Lipinski definition) is 1. The molecule has 3 rings (SSSR count). The van der Waals surface area contributed by atoms with Gasteiger partial charge in [0, 0.05) is 44.1 Å². The Morgan fingerprint density at radius 2 is 2.22 bits per heavy atom. The van der Waals surface area contributed by atoms with E-state index in [4.69, 9.17) is 16.3 Å². The van der Waals surface area contributed by atoms with E-state index in [0.717, 1.165) is 30.8 Å². The number of aliphatic hydroxyl groups is 1. The Hall–Kier alpha value is -1.69. The second kappa shape index (κ2) is 7.25. The van der Waals surface area contributed by atoms with E-state index >= 15 is 0 Å². The van der Waals surface area contributed by atoms with Crippen LogP contribution >= 0.6 is 11.6 Å². The van der Waals surface area contributed by atoms with Gasteiger partial charge in [0.2, 0.25) is 0 Å². The molecule has 2 aromatic rings. The van der Waals surface area contributed by atoms with Gasteiger partial charge in [-0.2, -0.15) is 0 Å². The number of benzene rings is 1. The highest BCUT2D eigenvalue weighted by molar-refractivity contribution is 6.32. The molecule has 0 spiro atoms. The SMILES string of the molecule is COc1ccc(CN2C[C@@H](Cc3cnccn3)[C@H](O)C2)cc1Cl. The summed E-state index contributed by atoms with van der Waals surface area (Å²) in [7, 11) is 1.61. The van der Waals surface area contributed by atoms with Crippen molar-refractivity contribution in [2.45, 2.75) is 19.1 Å². The zero-order valence-corrected chi connectivity index (χ0v) is 13.8. The van der Waals surface area contributed by atoms with Crippen LogP contribution in [0.2, 0.25) is 5.02 Å². The van der Waals surface area contributed by atoms with Crippen LogP contribution in [0.1, 0.15) is 11.3 Å². The fraction of sp³-hybridized carbons (Fsp3) is 0.412. The largest absolute Gasteiger partial charge is 0.495 e. The van der Waals surface area contributed by atoms with E-state index in [-0.39, 0.29) is 12.0 Å². The number of aromatic nitrogens is 2. The summed E-state index contributed by atoms with van der Waals surface area (Å²) in [5.41, 5.74) is 2.04. The number of ether oxygens (including phenoxy) is 1. The van der Waals surface area contributed by atoms with Crippen LogP contribution < -0.4 is 4.74 Å². The van der Waals surface area contributed by atoms with Crippen molar-refractivity contribution < 1.29 is 9.84 Å². The third-order valence-electron chi connectivity index (χ3n) is 4.19. The van der Waals surface area contributed by atoms with E-state index in [2.05, 4.69) is 14.9 Å². The van der Waals surface area contributed by atoms with Crippen LogP contribution in [0.3, 0.4) is 0 Å². The molecule has 0 saturated carbocycles. The number of rotatable bonds is 5. The predicted molar refractivity (Wildman–Crippen MR) is 88.5 cm³/mol. The maximum Gasteiger partial charge on any atom is 0.137 e. The third-order valence-corrected chi connectivity index (χ3v) is 4.49. The zero-order chi connectivity index (χ0) is 16.2. The standard InChI is InChI=1S/C17H20ClN3O2/c1-23-17-3-2-12(6-15(17)18)9-21-10-13(16(22)11-21)7-14-8-19-4-5-20-14/h2-6,8,13,16,22H,7,9-11H2,1H3/t13-,16-/m1/s1. The molecule has 1 fully saturated rings. The topological polar surface area (TPSA) is 58.5 Å². The molecule has 0 radical (unpaired) electrons. The van der Waals surface area contributed by atoms with Gasteiger partial charge in [0.05, 0.1) is 23.9 Å². The summed E-state index contributed by atoms with van der Waals surface area (Å²) in [5, 5.41) is 10.9. The normalized spacial score (nSPS) is 21.5. The number of hydrogen-bond acceptors (Lipinski definition) is 5. The molecule has 0 unspecified atom stereocenters. The van der Waals surface area contributed by atoms with Crippen LogP contribution in [0.15, 0.2) is 36.8 Å². The van der Waals surface area contributed by atoms with Gasteiger partial charge >= 0.3 is 0 Å². The maximum absolute atomic E-state index is 10.3. The van der Waals surface area contributed by atoms with Crippen LogP contribution in [-0.2, 0) is 13.0 Å². The minimum atomic E-state index is -0.342. The summed E-state index contributed by atoms with van der Waals surface area (Å²) in [4.78, 5) is 10.6. The van der Waals surface area contributed by atoms with Gasteiger partial charge in [0.1, 0.15) is 5.75 Å². The van der Waals surface area contributed by atoms with Gasteiger partial charge < -0.3 is 9.84 Å². The highest BCUT2D eigenvalue weighted by atomic mass is 35.5. The van der Waals surface area contributed by atoms with E-state index < -0.39 is 0 Å². The van der Waals surface area contributed by atoms with Crippen molar-refractivity contribution in [3.63, 3.8) is 0 Å². The molecule has 1 saturated heterocycles. The Labute approximate surface area is 140 Å². The molecule has 2 heterocycles. The second-order valence-electron chi connectivity index (χ2n) is 5.89. The predicted octanol–water partition coefficient (Wildman–Crippen LogP) is 2.17. The average Bonchev–Trinajstić information content (AvgIpc) is 2.88. The lowest BCUT2D eigenvalue weighted by molar-refractivity contribution is 0.140. The van der Waals surface area contributed by atoms with Gasteiger partial charge in [-0.25, -0.2) is 0 Å². The highest BCUT2D eigenvalue weighted by Crippen LogP contribution is 2.27. The molecule has 0 amide bonds. The molecule has 1 aromatic heterocycles. The molecule has 1 aliphatic rings. The lowest BCUT2D eigenvalue weighted by Crippen LogP contribution is -2.21. The third kappa shape index (κ3) is 3.99. The maximum atomic E-state index is 10.3. The van der Waals surface area contributed by atoms with Crippen LogP contribution in [-0.4, -0.2) is 46.3 Å². The monoisotopic (exact) mass is 333 g/mol. The highest BCUT2D eigenvalue weighted by Gasteiger charge is 2.31. The van der Waals surface area contributed by atoms with E-state index in [1.165, 1.54) is 0 Å². The molecular weight excluding hydrogens is 314 g/mol. The summed E-state index contributed by atoms with van der Waals surface area (Å²) in [5.74, 6) is 0.859. The van der Waals surface area contributed by atoms with Crippen molar-refractivity contribution in [2.75, 3.05) is 20.2 Å². The Morgan fingerprint density at radius 1 is 1.35 bits per heavy atom. The van der Waals surface area contributed by atoms with E-state index in [1.807, 2.05) is 18.2 Å². The molecule has 6 heteroatoms. The minimum Gasteiger partial charge on any atom is -0.495 e. The minimum absolute atomic E-state index is 0.181. The van der Waals surface area contributed by atoms with Gasteiger partial charge in [-0.05, 0) is 24.1 Å². The first-order chi connectivity index (χ1) is 11.2. The van der Waals surface area contributed by atoms with Crippen molar-refractivity contribution in [2.24, 2.45) is 5.92 Å². The van der Waals surface area contributed by atoms with Gasteiger partial charge in [0.25, 0.3) is 0 Å². The Morgan fingerprint density at radius 3 is 2.91 bits per heavy atom. The fourth-order valence-electron chi connectivity index (χ4n) is 3.04. The molecule has 122 valence electrons. The number of methoxy groups -OCH3 is 1. The van der Waals surface area contributed by atoms with Crippen molar-refractivity contribution in [3.05, 3.63) is 53.1 Å². The fourth-order valence-corrected chi connectivity index (χ4v) is 3.32. The first kappa shape index (κ1) is 16.2. The first-order valence-electron chi connectivity index (χ1n) is 7.63. The van der Waals surface area contributed by atoms with E-state index in [0.29, 0.717) is 17.3 Å². The van der Waals surface area contributed by atoms with Gasteiger partial charge in [-0.3, -0.25) is 14.9 Å².